The minimum absolute atomic E-state index is 0.156. The fourth-order valence-electron chi connectivity index (χ4n) is 4.08. The second-order valence-electron chi connectivity index (χ2n) is 8.07. The Morgan fingerprint density at radius 3 is 2.25 bits per heavy atom. The zero-order valence-corrected chi connectivity index (χ0v) is 18.1. The highest BCUT2D eigenvalue weighted by molar-refractivity contribution is 5.73. The molecule has 0 saturated heterocycles. The molecule has 1 aliphatic rings. The van der Waals surface area contributed by atoms with Crippen LogP contribution in [0.5, 0.6) is 0 Å². The van der Waals surface area contributed by atoms with Gasteiger partial charge in [-0.05, 0) is 49.3 Å². The van der Waals surface area contributed by atoms with Crippen molar-refractivity contribution >= 4 is 5.57 Å². The first-order valence-electron chi connectivity index (χ1n) is 10.7. The summed E-state index contributed by atoms with van der Waals surface area (Å²) in [5, 5.41) is 9.81. The van der Waals surface area contributed by atoms with Crippen molar-refractivity contribution in [2.24, 2.45) is 5.92 Å². The highest BCUT2D eigenvalue weighted by Crippen LogP contribution is 2.41. The zero-order valence-electron chi connectivity index (χ0n) is 18.1. The lowest BCUT2D eigenvalue weighted by Crippen LogP contribution is -2.16. The third-order valence-corrected chi connectivity index (χ3v) is 5.89. The van der Waals surface area contributed by atoms with Crippen LogP contribution in [0.4, 0.5) is 0 Å². The Morgan fingerprint density at radius 2 is 1.68 bits per heavy atom. The molecule has 1 aliphatic carbocycles. The third kappa shape index (κ3) is 3.62. The molecule has 1 N–H and O–H groups in total. The van der Waals surface area contributed by atoms with E-state index in [1.54, 1.807) is 0 Å². The van der Waals surface area contributed by atoms with E-state index < -0.39 is 0 Å². The predicted octanol–water partition coefficient (Wildman–Crippen LogP) is 5.31. The zero-order chi connectivity index (χ0) is 20.4. The van der Waals surface area contributed by atoms with E-state index in [0.717, 1.165) is 64.6 Å². The number of fused-ring (bicyclic) bond motifs is 1. The Hall–Kier alpha value is -2.07. The molecule has 2 heterocycles. The van der Waals surface area contributed by atoms with E-state index in [0.29, 0.717) is 5.92 Å². The van der Waals surface area contributed by atoms with Crippen molar-refractivity contribution in [1.29, 1.82) is 0 Å². The maximum atomic E-state index is 9.81. The monoisotopic (exact) mass is 379 g/mol. The lowest BCUT2D eigenvalue weighted by molar-refractivity contribution is 0.211. The van der Waals surface area contributed by atoms with Gasteiger partial charge in [0.1, 0.15) is 0 Å². The molecule has 0 saturated carbocycles. The van der Waals surface area contributed by atoms with Crippen LogP contribution < -0.4 is 0 Å². The van der Waals surface area contributed by atoms with Gasteiger partial charge in [0.05, 0.1) is 22.8 Å². The Labute approximate surface area is 169 Å². The summed E-state index contributed by atoms with van der Waals surface area (Å²) in [5.41, 5.74) is 8.48. The van der Waals surface area contributed by atoms with Crippen molar-refractivity contribution < 1.29 is 5.11 Å². The number of pyridine rings is 1. The van der Waals surface area contributed by atoms with Crippen LogP contribution in [0.3, 0.4) is 0 Å². The van der Waals surface area contributed by atoms with E-state index >= 15 is 0 Å². The standard InChI is InChI=1S/C24H33N3O/c1-7-16(13-28)18-12-15(6)22-24(18)26-20(9-3)23(27-22)17-10-11-21(14(4)5)25-19(17)8-2/h10-12,14,16,18,28H,7-9,13H2,1-6H3. The van der Waals surface area contributed by atoms with Crippen LogP contribution in [0, 0.1) is 5.92 Å². The summed E-state index contributed by atoms with van der Waals surface area (Å²) >= 11 is 0. The molecule has 3 rings (SSSR count). The molecule has 0 spiro atoms. The molecule has 0 amide bonds. The van der Waals surface area contributed by atoms with E-state index in [4.69, 9.17) is 15.0 Å². The molecule has 2 atom stereocenters. The van der Waals surface area contributed by atoms with Gasteiger partial charge in [-0.3, -0.25) is 9.97 Å². The topological polar surface area (TPSA) is 58.9 Å². The number of hydrogen-bond acceptors (Lipinski definition) is 4. The summed E-state index contributed by atoms with van der Waals surface area (Å²) in [6.07, 6.45) is 4.86. The summed E-state index contributed by atoms with van der Waals surface area (Å²) < 4.78 is 0. The highest BCUT2D eigenvalue weighted by atomic mass is 16.3. The fourth-order valence-corrected chi connectivity index (χ4v) is 4.08. The number of allylic oxidation sites excluding steroid dienone is 2. The SMILES string of the molecule is CCc1nc(C(C)C)ccc1-c1nc2c(nc1CC)C(C(CC)CO)C=C2C. The molecule has 2 aromatic heterocycles. The maximum Gasteiger partial charge on any atom is 0.0943 e. The average molecular weight is 380 g/mol. The third-order valence-electron chi connectivity index (χ3n) is 5.89. The lowest BCUT2D eigenvalue weighted by Gasteiger charge is -2.20. The fraction of sp³-hybridized carbons (Fsp3) is 0.542. The number of aromatic nitrogens is 3. The molecule has 0 bridgehead atoms. The molecular weight excluding hydrogens is 346 g/mol. The van der Waals surface area contributed by atoms with Crippen molar-refractivity contribution in [3.8, 4) is 11.3 Å². The van der Waals surface area contributed by atoms with Gasteiger partial charge in [-0.25, -0.2) is 4.98 Å². The summed E-state index contributed by atoms with van der Waals surface area (Å²) in [7, 11) is 0. The molecule has 28 heavy (non-hydrogen) atoms. The van der Waals surface area contributed by atoms with Crippen LogP contribution in [0.1, 0.15) is 88.3 Å². The highest BCUT2D eigenvalue weighted by Gasteiger charge is 2.31. The first-order chi connectivity index (χ1) is 13.4. The van der Waals surface area contributed by atoms with Crippen molar-refractivity contribution in [2.45, 2.75) is 72.6 Å². The van der Waals surface area contributed by atoms with E-state index in [1.165, 1.54) is 0 Å². The van der Waals surface area contributed by atoms with Crippen molar-refractivity contribution in [3.63, 3.8) is 0 Å². The number of aliphatic hydroxyl groups excluding tert-OH is 1. The van der Waals surface area contributed by atoms with Crippen LogP contribution in [0.25, 0.3) is 16.8 Å². The van der Waals surface area contributed by atoms with Gasteiger partial charge in [-0.1, -0.05) is 47.1 Å². The number of hydrogen-bond donors (Lipinski definition) is 1. The van der Waals surface area contributed by atoms with Crippen molar-refractivity contribution in [3.05, 3.63) is 46.7 Å². The minimum atomic E-state index is 0.156. The van der Waals surface area contributed by atoms with Crippen LogP contribution in [-0.4, -0.2) is 26.7 Å². The van der Waals surface area contributed by atoms with E-state index in [1.807, 2.05) is 0 Å². The molecule has 150 valence electrons. The lowest BCUT2D eigenvalue weighted by atomic mass is 9.89. The van der Waals surface area contributed by atoms with Crippen molar-refractivity contribution in [2.75, 3.05) is 6.61 Å². The number of aryl methyl sites for hydroxylation is 2. The van der Waals surface area contributed by atoms with Crippen LogP contribution in [0.15, 0.2) is 18.2 Å². The smallest absolute Gasteiger partial charge is 0.0943 e. The molecule has 0 radical (unpaired) electrons. The van der Waals surface area contributed by atoms with Gasteiger partial charge in [0, 0.05) is 29.5 Å². The Balaban J connectivity index is 2.15. The largest absolute Gasteiger partial charge is 0.396 e. The first kappa shape index (κ1) is 20.7. The van der Waals surface area contributed by atoms with E-state index in [-0.39, 0.29) is 18.4 Å². The van der Waals surface area contributed by atoms with Gasteiger partial charge in [0.2, 0.25) is 0 Å². The van der Waals surface area contributed by atoms with Crippen LogP contribution >= 0.6 is 0 Å². The van der Waals surface area contributed by atoms with Crippen molar-refractivity contribution in [1.82, 2.24) is 15.0 Å². The molecule has 0 fully saturated rings. The van der Waals surface area contributed by atoms with Gasteiger partial charge >= 0.3 is 0 Å². The first-order valence-corrected chi connectivity index (χ1v) is 10.7. The Morgan fingerprint density at radius 1 is 0.964 bits per heavy atom. The van der Waals surface area contributed by atoms with Gasteiger partial charge in [-0.2, -0.15) is 0 Å². The van der Waals surface area contributed by atoms with Gasteiger partial charge in [-0.15, -0.1) is 0 Å². The average Bonchev–Trinajstić information content (AvgIpc) is 3.03. The normalized spacial score (nSPS) is 17.0. The van der Waals surface area contributed by atoms with Gasteiger partial charge in [0.15, 0.2) is 0 Å². The Bertz CT molecular complexity index is 882. The minimum Gasteiger partial charge on any atom is -0.396 e. The maximum absolute atomic E-state index is 9.81. The molecule has 4 heteroatoms. The predicted molar refractivity (Wildman–Crippen MR) is 115 cm³/mol. The summed E-state index contributed by atoms with van der Waals surface area (Å²) in [6, 6.07) is 4.29. The van der Waals surface area contributed by atoms with Gasteiger partial charge < -0.3 is 5.11 Å². The Kier molecular flexibility index (Phi) is 6.29. The van der Waals surface area contributed by atoms with E-state index in [2.05, 4.69) is 59.8 Å². The second kappa shape index (κ2) is 8.52. The summed E-state index contributed by atoms with van der Waals surface area (Å²) in [4.78, 5) is 15.1. The second-order valence-corrected chi connectivity index (χ2v) is 8.07. The van der Waals surface area contributed by atoms with Crippen LogP contribution in [0.2, 0.25) is 0 Å². The molecule has 4 nitrogen and oxygen atoms in total. The quantitative estimate of drug-likeness (QED) is 0.708. The van der Waals surface area contributed by atoms with Gasteiger partial charge in [0.25, 0.3) is 0 Å². The number of rotatable bonds is 7. The van der Waals surface area contributed by atoms with Crippen LogP contribution in [-0.2, 0) is 12.8 Å². The number of aliphatic hydroxyl groups is 1. The molecule has 2 aromatic rings. The summed E-state index contributed by atoms with van der Waals surface area (Å²) in [6.45, 7) is 13.0. The molecule has 0 aliphatic heterocycles. The van der Waals surface area contributed by atoms with E-state index in [9.17, 15) is 5.11 Å². The summed E-state index contributed by atoms with van der Waals surface area (Å²) in [5.74, 6) is 0.759. The molecule has 0 aromatic carbocycles. The number of nitrogens with zero attached hydrogens (tertiary/aromatic N) is 3. The molecular formula is C24H33N3O. The molecule has 2 unspecified atom stereocenters.